The molecule has 0 radical (unpaired) electrons. The van der Waals surface area contributed by atoms with Crippen molar-refractivity contribution in [2.45, 2.75) is 38.1 Å². The maximum atomic E-state index is 12.1. The molecule has 1 aliphatic carbocycles. The maximum absolute atomic E-state index is 12.1. The number of amides is 1. The lowest BCUT2D eigenvalue weighted by molar-refractivity contribution is -0.126. The molecule has 7 heteroatoms. The largest absolute Gasteiger partial charge is 0.368 e. The topological polar surface area (TPSA) is 92.5 Å². The molecule has 1 atom stereocenters. The maximum Gasteiger partial charge on any atom is 0.239 e. The number of nitrogens with zero attached hydrogens (tertiary/aromatic N) is 1. The van der Waals surface area contributed by atoms with Crippen LogP contribution in [0.3, 0.4) is 0 Å². The van der Waals surface area contributed by atoms with Gasteiger partial charge in [0, 0.05) is 13.1 Å². The second-order valence-electron chi connectivity index (χ2n) is 6.32. The van der Waals surface area contributed by atoms with Crippen molar-refractivity contribution in [2.24, 2.45) is 11.7 Å². The normalized spacial score (nSPS) is 26.0. The summed E-state index contributed by atoms with van der Waals surface area (Å²) in [6.07, 6.45) is 3.61. The van der Waals surface area contributed by atoms with Gasteiger partial charge in [-0.2, -0.15) is 0 Å². The molecule has 21 heavy (non-hydrogen) atoms. The summed E-state index contributed by atoms with van der Waals surface area (Å²) in [5, 5.41) is 3.37. The molecule has 122 valence electrons. The minimum absolute atomic E-state index is 0.181. The first-order valence-electron chi connectivity index (χ1n) is 7.87. The monoisotopic (exact) mass is 317 g/mol. The van der Waals surface area contributed by atoms with Gasteiger partial charge in [-0.3, -0.25) is 9.69 Å². The third-order valence-corrected chi connectivity index (χ3v) is 6.24. The Morgan fingerprint density at radius 2 is 2.05 bits per heavy atom. The molecule has 1 amide bonds. The van der Waals surface area contributed by atoms with Crippen molar-refractivity contribution in [3.63, 3.8) is 0 Å². The molecular formula is C14H27N3O3S. The third-order valence-electron chi connectivity index (χ3n) is 4.53. The van der Waals surface area contributed by atoms with E-state index < -0.39 is 15.4 Å². The Hall–Kier alpha value is -0.660. The second kappa shape index (κ2) is 6.62. The zero-order valence-electron chi connectivity index (χ0n) is 12.8. The highest BCUT2D eigenvalue weighted by Gasteiger charge is 2.50. The summed E-state index contributed by atoms with van der Waals surface area (Å²) in [4.78, 5) is 14.2. The van der Waals surface area contributed by atoms with Gasteiger partial charge in [0.2, 0.25) is 5.91 Å². The lowest BCUT2D eigenvalue weighted by atomic mass is 9.91. The smallest absolute Gasteiger partial charge is 0.239 e. The first kappa shape index (κ1) is 16.7. The van der Waals surface area contributed by atoms with Gasteiger partial charge in [0.15, 0.2) is 9.84 Å². The second-order valence-corrected chi connectivity index (χ2v) is 8.62. The molecule has 2 fully saturated rings. The Bertz CT molecular complexity index is 476. The van der Waals surface area contributed by atoms with Gasteiger partial charge in [-0.15, -0.1) is 0 Å². The molecule has 1 heterocycles. The fourth-order valence-electron chi connectivity index (χ4n) is 3.12. The van der Waals surface area contributed by atoms with E-state index in [-0.39, 0.29) is 17.4 Å². The van der Waals surface area contributed by atoms with Gasteiger partial charge in [-0.25, -0.2) is 8.42 Å². The Labute approximate surface area is 127 Å². The number of sulfone groups is 1. The van der Waals surface area contributed by atoms with Crippen molar-refractivity contribution >= 4 is 15.7 Å². The molecule has 1 aliphatic heterocycles. The highest BCUT2D eigenvalue weighted by molar-refractivity contribution is 7.91. The van der Waals surface area contributed by atoms with Crippen LogP contribution < -0.4 is 11.1 Å². The summed E-state index contributed by atoms with van der Waals surface area (Å²) in [6, 6.07) is 0. The first-order chi connectivity index (χ1) is 9.89. The van der Waals surface area contributed by atoms with Crippen molar-refractivity contribution in [1.82, 2.24) is 10.2 Å². The van der Waals surface area contributed by atoms with Crippen LogP contribution in [0.2, 0.25) is 0 Å². The Morgan fingerprint density at radius 3 is 2.62 bits per heavy atom. The van der Waals surface area contributed by atoms with Crippen LogP contribution in [0.5, 0.6) is 0 Å². The Balaban J connectivity index is 2.09. The predicted molar refractivity (Wildman–Crippen MR) is 82.7 cm³/mol. The predicted octanol–water partition coefficient (Wildman–Crippen LogP) is -0.259. The first-order valence-corrected chi connectivity index (χ1v) is 9.69. The van der Waals surface area contributed by atoms with Crippen molar-refractivity contribution < 1.29 is 13.2 Å². The molecule has 6 nitrogen and oxygen atoms in total. The minimum atomic E-state index is -2.93. The third kappa shape index (κ3) is 4.17. The van der Waals surface area contributed by atoms with E-state index in [1.807, 2.05) is 0 Å². The quantitative estimate of drug-likeness (QED) is 0.675. The molecule has 0 aromatic rings. The van der Waals surface area contributed by atoms with Gasteiger partial charge >= 0.3 is 0 Å². The molecule has 0 spiro atoms. The van der Waals surface area contributed by atoms with Gasteiger partial charge < -0.3 is 11.1 Å². The van der Waals surface area contributed by atoms with E-state index >= 15 is 0 Å². The number of nitrogens with two attached hydrogens (primary N) is 1. The molecular weight excluding hydrogens is 290 g/mol. The van der Waals surface area contributed by atoms with Gasteiger partial charge in [0.05, 0.1) is 11.5 Å². The number of hydrogen-bond acceptors (Lipinski definition) is 5. The summed E-state index contributed by atoms with van der Waals surface area (Å²) in [5.74, 6) is 0.422. The average Bonchev–Trinajstić information content (AvgIpc) is 3.24. The highest BCUT2D eigenvalue weighted by atomic mass is 32.2. The summed E-state index contributed by atoms with van der Waals surface area (Å²) in [5.41, 5.74) is 5.03. The van der Waals surface area contributed by atoms with E-state index in [1.165, 1.54) is 0 Å². The Morgan fingerprint density at radius 1 is 1.33 bits per heavy atom. The summed E-state index contributed by atoms with van der Waals surface area (Å²) < 4.78 is 23.4. The van der Waals surface area contributed by atoms with Crippen LogP contribution in [0.15, 0.2) is 0 Å². The zero-order chi connectivity index (χ0) is 15.5. The SMILES string of the molecule is CCCNC(CN1CCCS(=O)(=O)CC1)(C(N)=O)C1CC1. The number of primary amides is 1. The van der Waals surface area contributed by atoms with E-state index in [4.69, 9.17) is 5.73 Å². The standard InChI is InChI=1S/C14H27N3O3S/c1-2-6-16-14(13(15)18,12-4-5-12)11-17-7-3-9-21(19,20)10-8-17/h12,16H,2-11H2,1H3,(H2,15,18). The summed E-state index contributed by atoms with van der Waals surface area (Å²) >= 11 is 0. The number of hydrogen-bond donors (Lipinski definition) is 2. The fourth-order valence-corrected chi connectivity index (χ4v) is 4.43. The molecule has 1 saturated heterocycles. The minimum Gasteiger partial charge on any atom is -0.368 e. The number of rotatable bonds is 7. The lowest BCUT2D eigenvalue weighted by Crippen LogP contribution is -2.63. The van der Waals surface area contributed by atoms with Gasteiger partial charge in [0.1, 0.15) is 5.54 Å². The molecule has 2 aliphatic rings. The van der Waals surface area contributed by atoms with E-state index in [0.29, 0.717) is 25.4 Å². The van der Waals surface area contributed by atoms with Crippen molar-refractivity contribution in [2.75, 3.05) is 37.7 Å². The van der Waals surface area contributed by atoms with E-state index in [9.17, 15) is 13.2 Å². The van der Waals surface area contributed by atoms with Crippen LogP contribution in [0.4, 0.5) is 0 Å². The van der Waals surface area contributed by atoms with Crippen LogP contribution in [-0.4, -0.2) is 62.4 Å². The van der Waals surface area contributed by atoms with Crippen LogP contribution in [0, 0.1) is 5.92 Å². The zero-order valence-corrected chi connectivity index (χ0v) is 13.6. The molecule has 0 aromatic carbocycles. The number of carbonyl (C=O) groups is 1. The van der Waals surface area contributed by atoms with E-state index in [1.54, 1.807) is 0 Å². The van der Waals surface area contributed by atoms with Crippen LogP contribution in [0.1, 0.15) is 32.6 Å². The summed E-state index contributed by atoms with van der Waals surface area (Å²) in [7, 11) is -2.93. The lowest BCUT2D eigenvalue weighted by Gasteiger charge is -2.37. The number of nitrogens with one attached hydrogen (secondary N) is 1. The van der Waals surface area contributed by atoms with Crippen LogP contribution in [-0.2, 0) is 14.6 Å². The fraction of sp³-hybridized carbons (Fsp3) is 0.929. The van der Waals surface area contributed by atoms with E-state index in [0.717, 1.165) is 32.4 Å². The van der Waals surface area contributed by atoms with Crippen LogP contribution >= 0.6 is 0 Å². The van der Waals surface area contributed by atoms with Gasteiger partial charge in [-0.1, -0.05) is 6.92 Å². The molecule has 1 saturated carbocycles. The van der Waals surface area contributed by atoms with Crippen molar-refractivity contribution in [3.05, 3.63) is 0 Å². The summed E-state index contributed by atoms with van der Waals surface area (Å²) in [6.45, 7) is 4.56. The van der Waals surface area contributed by atoms with Crippen LogP contribution in [0.25, 0.3) is 0 Å². The Kier molecular flexibility index (Phi) is 5.27. The van der Waals surface area contributed by atoms with Gasteiger partial charge in [0.25, 0.3) is 0 Å². The van der Waals surface area contributed by atoms with Crippen molar-refractivity contribution in [3.8, 4) is 0 Å². The van der Waals surface area contributed by atoms with Crippen molar-refractivity contribution in [1.29, 1.82) is 0 Å². The average molecular weight is 317 g/mol. The highest BCUT2D eigenvalue weighted by Crippen LogP contribution is 2.40. The molecule has 0 aromatic heterocycles. The van der Waals surface area contributed by atoms with Gasteiger partial charge in [-0.05, 0) is 44.7 Å². The molecule has 1 unspecified atom stereocenters. The number of carbonyl (C=O) groups excluding carboxylic acids is 1. The molecule has 0 bridgehead atoms. The molecule has 3 N–H and O–H groups in total. The van der Waals surface area contributed by atoms with E-state index in [2.05, 4.69) is 17.1 Å². The molecule has 2 rings (SSSR count).